The molecular formula is C27H17ClF8N4O3. The summed E-state index contributed by atoms with van der Waals surface area (Å²) in [4.78, 5) is 39.5. The second-order valence-corrected chi connectivity index (χ2v) is 9.90. The molecule has 1 aliphatic heterocycles. The van der Waals surface area contributed by atoms with E-state index >= 15 is 0 Å². The summed E-state index contributed by atoms with van der Waals surface area (Å²) in [5.74, 6) is -4.41. The number of alkyl halides is 6. The monoisotopic (exact) mass is 632 g/mol. The standard InChI is InChI=1S/C27H17ClF8N4O3/c28-16-2-1-13(30)8-15(16)22-20-17(37-24(41)11-5-12(27(34,35)36)7-14(31)6-11)9-18-23(21(20)25(42)38-22)40(10-29)26(43)39(18)4-3-19(32)33/h1-2,5-9,19,22H,3-4,10H2,(H,37,41)(H,38,42). The molecule has 0 saturated heterocycles. The molecule has 3 aromatic carbocycles. The Balaban J connectivity index is 1.77. The minimum atomic E-state index is -5.01. The number of anilines is 1. The van der Waals surface area contributed by atoms with Gasteiger partial charge in [-0.15, -0.1) is 0 Å². The van der Waals surface area contributed by atoms with Crippen LogP contribution in [0.15, 0.2) is 47.3 Å². The van der Waals surface area contributed by atoms with Gasteiger partial charge in [-0.05, 0) is 42.5 Å². The number of fused-ring (bicyclic) bond motifs is 3. The lowest BCUT2D eigenvalue weighted by atomic mass is 9.95. The lowest BCUT2D eigenvalue weighted by Gasteiger charge is -2.19. The van der Waals surface area contributed by atoms with E-state index in [1.165, 1.54) is 0 Å². The van der Waals surface area contributed by atoms with Crippen molar-refractivity contribution in [2.24, 2.45) is 0 Å². The highest BCUT2D eigenvalue weighted by atomic mass is 35.5. The largest absolute Gasteiger partial charge is 0.416 e. The topological polar surface area (TPSA) is 85.1 Å². The summed E-state index contributed by atoms with van der Waals surface area (Å²) in [5.41, 5.74) is -4.95. The Morgan fingerprint density at radius 1 is 1.02 bits per heavy atom. The Bertz CT molecular complexity index is 1850. The van der Waals surface area contributed by atoms with Gasteiger partial charge < -0.3 is 10.6 Å². The molecule has 7 nitrogen and oxygen atoms in total. The maximum Gasteiger partial charge on any atom is 0.416 e. The number of aromatic nitrogens is 2. The first-order chi connectivity index (χ1) is 20.2. The zero-order valence-corrected chi connectivity index (χ0v) is 22.1. The van der Waals surface area contributed by atoms with Crippen LogP contribution in [0, 0.1) is 11.6 Å². The highest BCUT2D eigenvalue weighted by Crippen LogP contribution is 2.43. The van der Waals surface area contributed by atoms with Crippen molar-refractivity contribution in [1.29, 1.82) is 0 Å². The van der Waals surface area contributed by atoms with Crippen LogP contribution in [-0.2, 0) is 19.5 Å². The lowest BCUT2D eigenvalue weighted by molar-refractivity contribution is -0.137. The first-order valence-corrected chi connectivity index (χ1v) is 12.7. The highest BCUT2D eigenvalue weighted by molar-refractivity contribution is 6.31. The van der Waals surface area contributed by atoms with Gasteiger partial charge in [0.05, 0.1) is 28.2 Å². The molecule has 0 saturated carbocycles. The molecule has 1 aliphatic rings. The van der Waals surface area contributed by atoms with Crippen molar-refractivity contribution < 1.29 is 44.7 Å². The molecule has 0 aliphatic carbocycles. The molecule has 0 spiro atoms. The normalized spacial score (nSPS) is 14.8. The summed E-state index contributed by atoms with van der Waals surface area (Å²) in [6.45, 7) is -2.12. The third-order valence-electron chi connectivity index (χ3n) is 6.83. The molecule has 0 radical (unpaired) electrons. The maximum atomic E-state index is 14.2. The molecule has 1 atom stereocenters. The molecule has 16 heteroatoms. The minimum absolute atomic E-state index is 0.0417. The number of nitrogens with zero attached hydrogens (tertiary/aromatic N) is 2. The summed E-state index contributed by atoms with van der Waals surface area (Å²) >= 11 is 6.26. The Morgan fingerprint density at radius 2 is 1.74 bits per heavy atom. The Labute approximate surface area is 240 Å². The molecular weight excluding hydrogens is 616 g/mol. The number of nitrogens with one attached hydrogen (secondary N) is 2. The van der Waals surface area contributed by atoms with Crippen molar-refractivity contribution in [2.75, 3.05) is 5.32 Å². The smallest absolute Gasteiger partial charge is 0.341 e. The molecule has 2 N–H and O–H groups in total. The summed E-state index contributed by atoms with van der Waals surface area (Å²) in [7, 11) is 0. The first kappa shape index (κ1) is 30.1. The third kappa shape index (κ3) is 5.44. The number of hydrogen-bond donors (Lipinski definition) is 2. The van der Waals surface area contributed by atoms with Crippen LogP contribution in [0.5, 0.6) is 0 Å². The van der Waals surface area contributed by atoms with E-state index in [-0.39, 0.29) is 38.9 Å². The fourth-order valence-electron chi connectivity index (χ4n) is 5.01. The zero-order chi connectivity index (χ0) is 31.4. The van der Waals surface area contributed by atoms with E-state index in [1.54, 1.807) is 0 Å². The number of aryl methyl sites for hydroxylation is 1. The predicted octanol–water partition coefficient (Wildman–Crippen LogP) is 6.42. The molecule has 0 bridgehead atoms. The number of amides is 2. The van der Waals surface area contributed by atoms with Gasteiger partial charge in [-0.1, -0.05) is 11.6 Å². The number of carbonyl (C=O) groups is 2. The summed E-state index contributed by atoms with van der Waals surface area (Å²) in [6.07, 6.45) is -8.73. The molecule has 0 fully saturated rings. The fraction of sp³-hybridized carbons (Fsp3) is 0.222. The van der Waals surface area contributed by atoms with E-state index in [9.17, 15) is 49.5 Å². The van der Waals surface area contributed by atoms with Crippen molar-refractivity contribution >= 4 is 40.1 Å². The average Bonchev–Trinajstić information content (AvgIpc) is 3.40. The van der Waals surface area contributed by atoms with E-state index < -0.39 is 84.2 Å². The van der Waals surface area contributed by atoms with E-state index in [2.05, 4.69) is 10.6 Å². The van der Waals surface area contributed by atoms with Crippen LogP contribution in [0.25, 0.3) is 11.0 Å². The van der Waals surface area contributed by atoms with Crippen LogP contribution in [0.1, 0.15) is 49.9 Å². The van der Waals surface area contributed by atoms with Gasteiger partial charge in [0.1, 0.15) is 11.6 Å². The van der Waals surface area contributed by atoms with Crippen LogP contribution in [0.3, 0.4) is 0 Å². The van der Waals surface area contributed by atoms with Crippen LogP contribution in [0.2, 0.25) is 5.02 Å². The zero-order valence-electron chi connectivity index (χ0n) is 21.3. The van der Waals surface area contributed by atoms with Crippen molar-refractivity contribution in [3.8, 4) is 0 Å². The van der Waals surface area contributed by atoms with E-state index in [0.29, 0.717) is 16.7 Å². The molecule has 43 heavy (non-hydrogen) atoms. The second kappa shape index (κ2) is 11.0. The summed E-state index contributed by atoms with van der Waals surface area (Å²) in [5, 5.41) is 4.72. The van der Waals surface area contributed by atoms with Crippen LogP contribution in [0.4, 0.5) is 40.8 Å². The molecule has 5 rings (SSSR count). The average molecular weight is 633 g/mol. The van der Waals surface area contributed by atoms with Crippen molar-refractivity contribution in [3.63, 3.8) is 0 Å². The van der Waals surface area contributed by atoms with Crippen LogP contribution in [-0.4, -0.2) is 27.4 Å². The van der Waals surface area contributed by atoms with Crippen molar-refractivity contribution in [1.82, 2.24) is 14.5 Å². The number of carbonyl (C=O) groups excluding carboxylic acids is 2. The van der Waals surface area contributed by atoms with E-state index in [1.807, 2.05) is 0 Å². The first-order valence-electron chi connectivity index (χ1n) is 12.3. The number of hydrogen-bond acceptors (Lipinski definition) is 3. The van der Waals surface area contributed by atoms with Gasteiger partial charge in [0.15, 0.2) is 6.80 Å². The van der Waals surface area contributed by atoms with E-state index in [0.717, 1.165) is 28.8 Å². The van der Waals surface area contributed by atoms with Crippen LogP contribution >= 0.6 is 11.6 Å². The van der Waals surface area contributed by atoms with Crippen molar-refractivity contribution in [3.05, 3.63) is 97.4 Å². The quantitative estimate of drug-likeness (QED) is 0.231. The molecule has 4 aromatic rings. The number of imidazole rings is 1. The van der Waals surface area contributed by atoms with Gasteiger partial charge in [0, 0.05) is 40.4 Å². The van der Waals surface area contributed by atoms with Gasteiger partial charge in [-0.25, -0.2) is 26.7 Å². The number of benzene rings is 3. The number of rotatable bonds is 7. The maximum absolute atomic E-state index is 14.2. The SMILES string of the molecule is O=C(Nc1cc2c(c3c1C(c1cc(F)ccc1Cl)NC3=O)n(CF)c(=O)n2CCC(F)F)c1cc(F)cc(C(F)(F)F)c1. The minimum Gasteiger partial charge on any atom is -0.341 e. The third-order valence-corrected chi connectivity index (χ3v) is 7.17. The van der Waals surface area contributed by atoms with Gasteiger partial charge in [0.2, 0.25) is 6.43 Å². The van der Waals surface area contributed by atoms with Crippen molar-refractivity contribution in [2.45, 2.75) is 38.4 Å². The Hall–Kier alpha value is -4.40. The van der Waals surface area contributed by atoms with Gasteiger partial charge in [0.25, 0.3) is 11.8 Å². The van der Waals surface area contributed by atoms with Gasteiger partial charge >= 0.3 is 11.9 Å². The van der Waals surface area contributed by atoms with Crippen LogP contribution < -0.4 is 16.3 Å². The van der Waals surface area contributed by atoms with E-state index in [4.69, 9.17) is 11.6 Å². The lowest BCUT2D eigenvalue weighted by Crippen LogP contribution is -2.24. The van der Waals surface area contributed by atoms with Gasteiger partial charge in [-0.3, -0.25) is 18.7 Å². The molecule has 1 unspecified atom stereocenters. The van der Waals surface area contributed by atoms with Gasteiger partial charge in [-0.2, -0.15) is 13.2 Å². The number of halogens is 9. The highest BCUT2D eigenvalue weighted by Gasteiger charge is 2.39. The molecule has 2 heterocycles. The molecule has 1 aromatic heterocycles. The summed E-state index contributed by atoms with van der Waals surface area (Å²) in [6, 6.07) is 3.90. The molecule has 2 amide bonds. The Morgan fingerprint density at radius 3 is 2.40 bits per heavy atom. The predicted molar refractivity (Wildman–Crippen MR) is 138 cm³/mol. The summed E-state index contributed by atoms with van der Waals surface area (Å²) < 4.78 is 110. The molecule has 226 valence electrons. The fourth-order valence-corrected chi connectivity index (χ4v) is 5.23. The Kier molecular flexibility index (Phi) is 7.71. The second-order valence-electron chi connectivity index (χ2n) is 9.49.